The highest BCUT2D eigenvalue weighted by Gasteiger charge is 2.47. The Kier molecular flexibility index (Phi) is 3.03. The van der Waals surface area contributed by atoms with Crippen LogP contribution in [0.4, 0.5) is 5.82 Å². The van der Waals surface area contributed by atoms with E-state index in [-0.39, 0.29) is 6.17 Å². The van der Waals surface area contributed by atoms with Gasteiger partial charge in [-0.1, -0.05) is 18.0 Å². The van der Waals surface area contributed by atoms with Crippen LogP contribution < -0.4 is 10.3 Å². The highest BCUT2D eigenvalue weighted by Crippen LogP contribution is 2.45. The van der Waals surface area contributed by atoms with Crippen molar-refractivity contribution < 1.29 is 8.94 Å². The first kappa shape index (κ1) is 15.0. The van der Waals surface area contributed by atoms with Gasteiger partial charge in [-0.3, -0.25) is 10.3 Å². The number of fused-ring (bicyclic) bond motifs is 6. The van der Waals surface area contributed by atoms with Crippen LogP contribution in [0.3, 0.4) is 0 Å². The van der Waals surface area contributed by atoms with E-state index in [2.05, 4.69) is 35.1 Å². The normalized spacial score (nSPS) is 26.2. The number of anilines is 1. The number of hydrogen-bond acceptors (Lipinski definition) is 8. The SMILES string of the molecule is Cc1ccc(-c2nc(C3=NNC4C5CCCCC5n5cncc5N34)no2)o1. The van der Waals surface area contributed by atoms with Crippen molar-refractivity contribution in [2.24, 2.45) is 11.0 Å². The number of aryl methyl sites for hydroxylation is 1. The van der Waals surface area contributed by atoms with Gasteiger partial charge in [0, 0.05) is 12.0 Å². The van der Waals surface area contributed by atoms with E-state index in [1.165, 1.54) is 25.7 Å². The first-order valence-electron chi connectivity index (χ1n) is 9.35. The van der Waals surface area contributed by atoms with Crippen LogP contribution in [0.1, 0.15) is 43.3 Å². The molecule has 1 saturated carbocycles. The third-order valence-corrected chi connectivity index (χ3v) is 5.82. The van der Waals surface area contributed by atoms with Crippen LogP contribution >= 0.6 is 0 Å². The molecular formula is C18H19N7O2. The van der Waals surface area contributed by atoms with Crippen LogP contribution in [0.5, 0.6) is 0 Å². The zero-order valence-corrected chi connectivity index (χ0v) is 14.9. The molecule has 9 nitrogen and oxygen atoms in total. The number of amidine groups is 1. The lowest BCUT2D eigenvalue weighted by Gasteiger charge is -2.45. The van der Waals surface area contributed by atoms with Crippen molar-refractivity contribution in [2.75, 3.05) is 4.90 Å². The number of furan rings is 1. The molecule has 0 aromatic carbocycles. The minimum atomic E-state index is 0.0994. The van der Waals surface area contributed by atoms with Crippen LogP contribution in [0.2, 0.25) is 0 Å². The van der Waals surface area contributed by atoms with E-state index in [9.17, 15) is 0 Å². The van der Waals surface area contributed by atoms with E-state index in [0.717, 1.165) is 11.6 Å². The molecule has 0 radical (unpaired) electrons. The Morgan fingerprint density at radius 2 is 2.15 bits per heavy atom. The van der Waals surface area contributed by atoms with Crippen molar-refractivity contribution in [3.05, 3.63) is 36.2 Å². The predicted octanol–water partition coefficient (Wildman–Crippen LogP) is 2.68. The molecule has 6 rings (SSSR count). The molecule has 0 amide bonds. The summed E-state index contributed by atoms with van der Waals surface area (Å²) in [5.74, 6) is 4.30. The van der Waals surface area contributed by atoms with Gasteiger partial charge in [0.2, 0.25) is 11.7 Å². The van der Waals surface area contributed by atoms with E-state index >= 15 is 0 Å². The van der Waals surface area contributed by atoms with Crippen molar-refractivity contribution in [1.82, 2.24) is 25.1 Å². The molecule has 5 heterocycles. The molecule has 0 spiro atoms. The Balaban J connectivity index is 1.39. The van der Waals surface area contributed by atoms with Crippen LogP contribution in [0.25, 0.3) is 11.7 Å². The largest absolute Gasteiger partial charge is 0.456 e. The molecular weight excluding hydrogens is 346 g/mol. The summed E-state index contributed by atoms with van der Waals surface area (Å²) in [6.45, 7) is 1.88. The van der Waals surface area contributed by atoms with Gasteiger partial charge >= 0.3 is 0 Å². The lowest BCUT2D eigenvalue weighted by atomic mass is 9.80. The van der Waals surface area contributed by atoms with Gasteiger partial charge in [0.1, 0.15) is 17.7 Å². The van der Waals surface area contributed by atoms with Crippen LogP contribution in [0.15, 0.2) is 38.7 Å². The number of aromatic nitrogens is 4. The fourth-order valence-electron chi connectivity index (χ4n) is 4.62. The Hall–Kier alpha value is -3.10. The maximum Gasteiger partial charge on any atom is 0.294 e. The summed E-state index contributed by atoms with van der Waals surface area (Å²) >= 11 is 0. The third-order valence-electron chi connectivity index (χ3n) is 5.82. The minimum absolute atomic E-state index is 0.0994. The summed E-state index contributed by atoms with van der Waals surface area (Å²) in [4.78, 5) is 11.1. The summed E-state index contributed by atoms with van der Waals surface area (Å²) < 4.78 is 13.3. The maximum atomic E-state index is 5.59. The highest BCUT2D eigenvalue weighted by atomic mass is 16.5. The molecule has 0 saturated heterocycles. The molecule has 1 fully saturated rings. The van der Waals surface area contributed by atoms with E-state index in [1.807, 2.05) is 31.6 Å². The monoisotopic (exact) mass is 365 g/mol. The third kappa shape index (κ3) is 2.11. The fourth-order valence-corrected chi connectivity index (χ4v) is 4.62. The van der Waals surface area contributed by atoms with E-state index in [4.69, 9.17) is 8.94 Å². The van der Waals surface area contributed by atoms with Crippen molar-refractivity contribution in [3.8, 4) is 11.7 Å². The summed E-state index contributed by atoms with van der Waals surface area (Å²) in [6, 6.07) is 4.16. The number of hydrazone groups is 1. The van der Waals surface area contributed by atoms with Crippen molar-refractivity contribution in [1.29, 1.82) is 0 Å². The Labute approximate surface area is 155 Å². The molecule has 3 aromatic heterocycles. The summed E-state index contributed by atoms with van der Waals surface area (Å²) in [5.41, 5.74) is 3.32. The smallest absolute Gasteiger partial charge is 0.294 e. The zero-order valence-electron chi connectivity index (χ0n) is 14.9. The molecule has 27 heavy (non-hydrogen) atoms. The molecule has 2 aliphatic heterocycles. The Morgan fingerprint density at radius 1 is 1.22 bits per heavy atom. The van der Waals surface area contributed by atoms with Gasteiger partial charge in [-0.05, 0) is 31.9 Å². The van der Waals surface area contributed by atoms with Gasteiger partial charge < -0.3 is 13.5 Å². The van der Waals surface area contributed by atoms with Gasteiger partial charge in [0.25, 0.3) is 5.89 Å². The van der Waals surface area contributed by atoms with Gasteiger partial charge in [-0.2, -0.15) is 10.1 Å². The van der Waals surface area contributed by atoms with Crippen LogP contribution in [0, 0.1) is 12.8 Å². The second kappa shape index (κ2) is 5.45. The Bertz CT molecular complexity index is 1030. The average molecular weight is 365 g/mol. The zero-order chi connectivity index (χ0) is 18.0. The molecule has 3 aliphatic rings. The number of nitrogens with zero attached hydrogens (tertiary/aromatic N) is 6. The molecule has 3 atom stereocenters. The molecule has 1 N–H and O–H groups in total. The number of hydrogen-bond donors (Lipinski definition) is 1. The lowest BCUT2D eigenvalue weighted by Crippen LogP contribution is -2.53. The van der Waals surface area contributed by atoms with Crippen LogP contribution in [-0.2, 0) is 0 Å². The summed E-state index contributed by atoms with van der Waals surface area (Å²) in [5, 5.41) is 8.72. The van der Waals surface area contributed by atoms with Crippen LogP contribution in [-0.4, -0.2) is 31.7 Å². The quantitative estimate of drug-likeness (QED) is 0.745. The molecule has 138 valence electrons. The van der Waals surface area contributed by atoms with E-state index < -0.39 is 0 Å². The summed E-state index contributed by atoms with van der Waals surface area (Å²) in [7, 11) is 0. The van der Waals surface area contributed by atoms with E-state index in [0.29, 0.717) is 35.3 Å². The second-order valence-electron chi connectivity index (χ2n) is 7.39. The predicted molar refractivity (Wildman–Crippen MR) is 95.9 cm³/mol. The maximum absolute atomic E-state index is 5.59. The second-order valence-corrected chi connectivity index (χ2v) is 7.39. The number of nitrogens with one attached hydrogen (secondary N) is 1. The highest BCUT2D eigenvalue weighted by molar-refractivity contribution is 6.08. The van der Waals surface area contributed by atoms with Crippen molar-refractivity contribution in [2.45, 2.75) is 44.8 Å². The fraction of sp³-hybridized carbons (Fsp3) is 0.444. The molecule has 1 aliphatic carbocycles. The number of imidazole rings is 1. The molecule has 0 bridgehead atoms. The average Bonchev–Trinajstić information content (AvgIpc) is 3.45. The van der Waals surface area contributed by atoms with E-state index in [1.54, 1.807) is 0 Å². The van der Waals surface area contributed by atoms with Crippen molar-refractivity contribution >= 4 is 11.7 Å². The minimum Gasteiger partial charge on any atom is -0.456 e. The molecule has 3 aromatic rings. The van der Waals surface area contributed by atoms with Gasteiger partial charge in [0.05, 0.1) is 12.5 Å². The lowest BCUT2D eigenvalue weighted by molar-refractivity contribution is 0.176. The topological polar surface area (TPSA) is 97.5 Å². The summed E-state index contributed by atoms with van der Waals surface area (Å²) in [6.07, 6.45) is 8.77. The van der Waals surface area contributed by atoms with Gasteiger partial charge in [-0.25, -0.2) is 4.98 Å². The first-order valence-corrected chi connectivity index (χ1v) is 9.35. The van der Waals surface area contributed by atoms with Crippen molar-refractivity contribution in [3.63, 3.8) is 0 Å². The molecule has 9 heteroatoms. The number of rotatable bonds is 2. The molecule has 3 unspecified atom stereocenters. The standard InChI is InChI=1S/C18H19N7O2/c1-10-6-7-13(26-10)18-20-15(23-27-18)17-22-21-16-11-4-2-3-5-12(11)24-9-19-8-14(24)25(16)17/h6-9,11-12,16,21H,2-5H2,1H3. The van der Waals surface area contributed by atoms with Gasteiger partial charge in [-0.15, -0.1) is 0 Å². The Morgan fingerprint density at radius 3 is 3.04 bits per heavy atom. The first-order chi connectivity index (χ1) is 13.3. The van der Waals surface area contributed by atoms with Gasteiger partial charge in [0.15, 0.2) is 5.76 Å².